The topological polar surface area (TPSA) is 141 Å². The summed E-state index contributed by atoms with van der Waals surface area (Å²) in [5.41, 5.74) is 1.82. The van der Waals surface area contributed by atoms with Crippen LogP contribution in [0.1, 0.15) is 31.7 Å². The first-order chi connectivity index (χ1) is 19.4. The van der Waals surface area contributed by atoms with Crippen molar-refractivity contribution in [3.8, 4) is 17.1 Å². The van der Waals surface area contributed by atoms with Crippen LogP contribution in [0.5, 0.6) is 5.75 Å². The molecule has 1 atom stereocenters. The van der Waals surface area contributed by atoms with E-state index in [0.29, 0.717) is 24.6 Å². The van der Waals surface area contributed by atoms with Crippen LogP contribution in [0.2, 0.25) is 0 Å². The molecule has 0 spiro atoms. The van der Waals surface area contributed by atoms with Crippen LogP contribution < -0.4 is 26.9 Å². The number of fused-ring (bicyclic) bond motifs is 1. The van der Waals surface area contributed by atoms with Crippen molar-refractivity contribution in [3.05, 3.63) is 68.9 Å². The highest BCUT2D eigenvalue weighted by atomic mass is 19.4. The molecule has 3 aromatic heterocycles. The first-order valence-corrected chi connectivity index (χ1v) is 12.2. The highest BCUT2D eigenvalue weighted by Gasteiger charge is 2.37. The van der Waals surface area contributed by atoms with E-state index in [9.17, 15) is 35.9 Å². The molecule has 41 heavy (non-hydrogen) atoms. The molecular formula is C25H23F6N7O3. The van der Waals surface area contributed by atoms with Gasteiger partial charge >= 0.3 is 12.8 Å². The molecule has 0 aliphatic carbocycles. The van der Waals surface area contributed by atoms with Gasteiger partial charge in [-0.05, 0) is 42.8 Å². The summed E-state index contributed by atoms with van der Waals surface area (Å²) in [6.45, 7) is -1.21. The van der Waals surface area contributed by atoms with Crippen molar-refractivity contribution in [2.75, 3.05) is 11.1 Å². The third kappa shape index (κ3) is 6.58. The minimum Gasteiger partial charge on any atom is -0.429 e. The number of anilines is 2. The lowest BCUT2D eigenvalue weighted by atomic mass is 10.1. The summed E-state index contributed by atoms with van der Waals surface area (Å²) < 4.78 is 85.4. The summed E-state index contributed by atoms with van der Waals surface area (Å²) in [5.74, 6) is -1.94. The third-order valence-electron chi connectivity index (χ3n) is 6.25. The predicted molar refractivity (Wildman–Crippen MR) is 137 cm³/mol. The maximum absolute atomic E-state index is 15.0. The summed E-state index contributed by atoms with van der Waals surface area (Å²) in [4.78, 5) is 32.4. The number of ether oxygens (including phenoxy) is 1. The zero-order chi connectivity index (χ0) is 29.9. The summed E-state index contributed by atoms with van der Waals surface area (Å²) in [6, 6.07) is 3.43. The van der Waals surface area contributed by atoms with Crippen molar-refractivity contribution >= 4 is 22.3 Å². The average Bonchev–Trinajstić information content (AvgIpc) is 2.89. The van der Waals surface area contributed by atoms with Crippen molar-refractivity contribution in [2.45, 2.75) is 51.6 Å². The number of hydrogen-bond acceptors (Lipinski definition) is 8. The number of aromatic nitrogens is 5. The second-order valence-corrected chi connectivity index (χ2v) is 8.93. The molecule has 4 aromatic rings. The molecule has 0 radical (unpaired) electrons. The number of pyridine rings is 1. The van der Waals surface area contributed by atoms with Crippen molar-refractivity contribution in [1.82, 2.24) is 24.7 Å². The minimum atomic E-state index is -4.88. The summed E-state index contributed by atoms with van der Waals surface area (Å²) >= 11 is 0. The van der Waals surface area contributed by atoms with Gasteiger partial charge in [0, 0.05) is 18.8 Å². The lowest BCUT2D eigenvalue weighted by molar-refractivity contribution is -0.138. The number of nitrogen functional groups attached to an aromatic ring is 1. The molecule has 1 unspecified atom stereocenters. The number of nitrogens with one attached hydrogen (secondary N) is 2. The predicted octanol–water partition coefficient (Wildman–Crippen LogP) is 4.55. The zero-order valence-electron chi connectivity index (χ0n) is 21.3. The molecular weight excluding hydrogens is 560 g/mol. The number of nitrogens with two attached hydrogens (primary N) is 1. The van der Waals surface area contributed by atoms with E-state index < -0.39 is 58.6 Å². The molecule has 1 aromatic carbocycles. The van der Waals surface area contributed by atoms with Crippen LogP contribution in [0.3, 0.4) is 0 Å². The second-order valence-electron chi connectivity index (χ2n) is 8.93. The fourth-order valence-electron chi connectivity index (χ4n) is 4.25. The van der Waals surface area contributed by atoms with Crippen LogP contribution in [0.4, 0.5) is 37.8 Å². The Bertz CT molecular complexity index is 1670. The summed E-state index contributed by atoms with van der Waals surface area (Å²) in [6.07, 6.45) is -0.466. The standard InChI is InChI=1S/C25H23F6N7O3/c1-2-13(35-17-10-34-37-22(39)19(17)25(29,30)31)4-3-6-38-7-5-12-8-15(16(26)9-14(12)23(38)40)21-33-11-18(20(32)36-21)41-24(27)28/h5,7-11,13,24H,2-4,6H2,1H3,(H2,32,33,36)(H2,35,37,39). The smallest absolute Gasteiger partial charge is 0.423 e. The molecule has 0 bridgehead atoms. The Labute approximate surface area is 227 Å². The van der Waals surface area contributed by atoms with Crippen LogP contribution in [-0.2, 0) is 12.7 Å². The average molecular weight is 583 g/mol. The molecule has 4 N–H and O–H groups in total. The van der Waals surface area contributed by atoms with Crippen LogP contribution >= 0.6 is 0 Å². The number of benzene rings is 1. The molecule has 0 amide bonds. The van der Waals surface area contributed by atoms with Gasteiger partial charge in [-0.25, -0.2) is 19.5 Å². The van der Waals surface area contributed by atoms with E-state index in [2.05, 4.69) is 25.1 Å². The SMILES string of the molecule is CCC(CCCn1ccc2cc(-c3ncc(OC(F)F)c(N)n3)c(F)cc2c1=O)Nc1cn[nH]c(=O)c1C(F)(F)F. The Morgan fingerprint density at radius 1 is 1.20 bits per heavy atom. The number of aryl methyl sites for hydroxylation is 1. The van der Waals surface area contributed by atoms with Crippen LogP contribution in [-0.4, -0.2) is 37.4 Å². The number of alkyl halides is 5. The van der Waals surface area contributed by atoms with E-state index >= 15 is 0 Å². The van der Waals surface area contributed by atoms with Crippen LogP contribution in [0.15, 0.2) is 46.4 Å². The Morgan fingerprint density at radius 2 is 1.95 bits per heavy atom. The molecule has 0 fully saturated rings. The van der Waals surface area contributed by atoms with Crippen molar-refractivity contribution in [1.29, 1.82) is 0 Å². The van der Waals surface area contributed by atoms with Gasteiger partial charge < -0.3 is 20.4 Å². The van der Waals surface area contributed by atoms with Gasteiger partial charge in [0.15, 0.2) is 17.4 Å². The zero-order valence-corrected chi connectivity index (χ0v) is 21.3. The Kier molecular flexibility index (Phi) is 8.49. The van der Waals surface area contributed by atoms with Gasteiger partial charge in [0.1, 0.15) is 11.4 Å². The maximum atomic E-state index is 15.0. The van der Waals surface area contributed by atoms with Gasteiger partial charge in [-0.1, -0.05) is 6.92 Å². The van der Waals surface area contributed by atoms with E-state index in [-0.39, 0.29) is 23.3 Å². The highest BCUT2D eigenvalue weighted by molar-refractivity contribution is 5.86. The molecule has 0 saturated carbocycles. The Morgan fingerprint density at radius 3 is 2.61 bits per heavy atom. The molecule has 0 aliphatic rings. The van der Waals surface area contributed by atoms with E-state index in [1.165, 1.54) is 16.8 Å². The number of H-pyrrole nitrogens is 1. The van der Waals surface area contributed by atoms with Crippen molar-refractivity contribution in [3.63, 3.8) is 0 Å². The van der Waals surface area contributed by atoms with Crippen molar-refractivity contribution in [2.24, 2.45) is 0 Å². The largest absolute Gasteiger partial charge is 0.429 e. The number of aromatic amines is 1. The molecule has 0 aliphatic heterocycles. The van der Waals surface area contributed by atoms with E-state index in [1.807, 2.05) is 0 Å². The van der Waals surface area contributed by atoms with Gasteiger partial charge in [0.2, 0.25) is 0 Å². The molecule has 16 heteroatoms. The van der Waals surface area contributed by atoms with Gasteiger partial charge in [0.25, 0.3) is 11.1 Å². The Balaban J connectivity index is 1.50. The number of halogens is 6. The molecule has 218 valence electrons. The van der Waals surface area contributed by atoms with Gasteiger partial charge in [-0.3, -0.25) is 9.59 Å². The third-order valence-corrected chi connectivity index (χ3v) is 6.25. The second kappa shape index (κ2) is 11.9. The monoisotopic (exact) mass is 583 g/mol. The minimum absolute atomic E-state index is 0.0500. The van der Waals surface area contributed by atoms with Crippen LogP contribution in [0, 0.1) is 5.82 Å². The van der Waals surface area contributed by atoms with Gasteiger partial charge in [-0.15, -0.1) is 0 Å². The van der Waals surface area contributed by atoms with Crippen LogP contribution in [0.25, 0.3) is 22.2 Å². The molecule has 4 rings (SSSR count). The van der Waals surface area contributed by atoms with Gasteiger partial charge in [-0.2, -0.15) is 27.1 Å². The molecule has 10 nitrogen and oxygen atoms in total. The van der Waals surface area contributed by atoms with Crippen molar-refractivity contribution < 1.29 is 31.1 Å². The lowest BCUT2D eigenvalue weighted by Crippen LogP contribution is -2.28. The van der Waals surface area contributed by atoms with E-state index in [1.54, 1.807) is 18.1 Å². The lowest BCUT2D eigenvalue weighted by Gasteiger charge is -2.20. The fourth-order valence-corrected chi connectivity index (χ4v) is 4.25. The molecule has 3 heterocycles. The normalized spacial score (nSPS) is 12.6. The van der Waals surface area contributed by atoms with Gasteiger partial charge in [0.05, 0.1) is 29.0 Å². The number of hydrogen-bond donors (Lipinski definition) is 3. The summed E-state index contributed by atoms with van der Waals surface area (Å²) in [5, 5.41) is 8.34. The first-order valence-electron chi connectivity index (χ1n) is 12.2. The quantitative estimate of drug-likeness (QED) is 0.231. The number of nitrogens with zero attached hydrogens (tertiary/aromatic N) is 4. The first kappa shape index (κ1) is 29.4. The van der Waals surface area contributed by atoms with E-state index in [0.717, 1.165) is 18.5 Å². The number of rotatable bonds is 10. The Hall–Kier alpha value is -4.63. The summed E-state index contributed by atoms with van der Waals surface area (Å²) in [7, 11) is 0. The van der Waals surface area contributed by atoms with E-state index in [4.69, 9.17) is 5.73 Å². The molecule has 0 saturated heterocycles. The fraction of sp³-hybridized carbons (Fsp3) is 0.320. The maximum Gasteiger partial charge on any atom is 0.423 e. The highest BCUT2D eigenvalue weighted by Crippen LogP contribution is 2.32.